The summed E-state index contributed by atoms with van der Waals surface area (Å²) in [5.41, 5.74) is 1.86. The molecule has 4 aromatic rings. The highest BCUT2D eigenvalue weighted by Crippen LogP contribution is 2.33. The Morgan fingerprint density at radius 2 is 1.80 bits per heavy atom. The van der Waals surface area contributed by atoms with Gasteiger partial charge < -0.3 is 14.5 Å². The molecule has 1 fully saturated rings. The Balaban J connectivity index is 1.43. The molecule has 3 heterocycles. The summed E-state index contributed by atoms with van der Waals surface area (Å²) in [6.45, 7) is 3.29. The first-order chi connectivity index (χ1) is 21.1. The van der Waals surface area contributed by atoms with Gasteiger partial charge in [0.1, 0.15) is 28.5 Å². The second-order valence-electron chi connectivity index (χ2n) is 9.83. The summed E-state index contributed by atoms with van der Waals surface area (Å²) in [5, 5.41) is 9.71. The van der Waals surface area contributed by atoms with E-state index >= 15 is 0 Å². The molecule has 12 nitrogen and oxygen atoms in total. The van der Waals surface area contributed by atoms with Crippen molar-refractivity contribution >= 4 is 44.1 Å². The Morgan fingerprint density at radius 1 is 1.02 bits per heavy atom. The van der Waals surface area contributed by atoms with E-state index in [9.17, 15) is 22.4 Å². The number of pyridine rings is 1. The van der Waals surface area contributed by atoms with Crippen LogP contribution < -0.4 is 14.4 Å². The highest BCUT2D eigenvalue weighted by Gasteiger charge is 2.24. The van der Waals surface area contributed by atoms with Crippen molar-refractivity contribution in [2.24, 2.45) is 0 Å². The standard InChI is InChI=1S/C30H26FN7O5S/c1-19(39)3-8-28(40)37-9-11-38(12-10-37)29-23-14-21(5-6-25(23)34-18-35-29)22-15-26(30(43-2)33-17-22)36-44(41,42)27-7-4-20(16-32)13-24(27)31/h3-8,13-15,17-18,36H,9-12H2,1-2H3/b8-3+. The number of allylic oxidation sites excluding steroid dienone is 1. The van der Waals surface area contributed by atoms with Crippen LogP contribution >= 0.6 is 0 Å². The van der Waals surface area contributed by atoms with Gasteiger partial charge in [-0.1, -0.05) is 6.07 Å². The third-order valence-electron chi connectivity index (χ3n) is 6.94. The number of halogens is 1. The largest absolute Gasteiger partial charge is 0.480 e. The molecule has 0 atom stereocenters. The summed E-state index contributed by atoms with van der Waals surface area (Å²) < 4.78 is 48.3. The minimum atomic E-state index is -4.41. The van der Waals surface area contributed by atoms with Gasteiger partial charge in [0.15, 0.2) is 5.78 Å². The van der Waals surface area contributed by atoms with Gasteiger partial charge >= 0.3 is 0 Å². The predicted octanol–water partition coefficient (Wildman–Crippen LogP) is 3.31. The van der Waals surface area contributed by atoms with Crippen molar-refractivity contribution < 1.29 is 27.1 Å². The maximum absolute atomic E-state index is 14.6. The first-order valence-corrected chi connectivity index (χ1v) is 14.8. The minimum Gasteiger partial charge on any atom is -0.480 e. The van der Waals surface area contributed by atoms with E-state index in [0.29, 0.717) is 48.6 Å². The number of carbonyl (C=O) groups is 2. The van der Waals surface area contributed by atoms with Crippen LogP contribution in [0.1, 0.15) is 12.5 Å². The number of benzene rings is 2. The lowest BCUT2D eigenvalue weighted by molar-refractivity contribution is -0.126. The van der Waals surface area contributed by atoms with Crippen molar-refractivity contribution in [3.63, 3.8) is 0 Å². The molecule has 14 heteroatoms. The van der Waals surface area contributed by atoms with Crippen LogP contribution in [0.4, 0.5) is 15.9 Å². The quantitative estimate of drug-likeness (QED) is 0.292. The number of hydrogen-bond donors (Lipinski definition) is 1. The fourth-order valence-electron chi connectivity index (χ4n) is 4.74. The van der Waals surface area contributed by atoms with Crippen LogP contribution in [0.2, 0.25) is 0 Å². The number of carbonyl (C=O) groups excluding carboxylic acids is 2. The Bertz CT molecular complexity index is 1950. The van der Waals surface area contributed by atoms with Crippen molar-refractivity contribution in [2.75, 3.05) is 42.9 Å². The number of fused-ring (bicyclic) bond motifs is 1. The SMILES string of the molecule is COc1ncc(-c2ccc3ncnc(N4CCN(C(=O)/C=C/C(C)=O)CC4)c3c2)cc1NS(=O)(=O)c1ccc(C#N)cc1F. The molecule has 5 rings (SSSR count). The molecule has 2 aromatic heterocycles. The van der Waals surface area contributed by atoms with Gasteiger partial charge in [0.25, 0.3) is 10.0 Å². The maximum Gasteiger partial charge on any atom is 0.264 e. The molecule has 44 heavy (non-hydrogen) atoms. The van der Waals surface area contributed by atoms with Crippen LogP contribution in [0.3, 0.4) is 0 Å². The predicted molar refractivity (Wildman–Crippen MR) is 160 cm³/mol. The molecule has 0 radical (unpaired) electrons. The first-order valence-electron chi connectivity index (χ1n) is 13.3. The zero-order valence-corrected chi connectivity index (χ0v) is 24.5. The molecule has 0 unspecified atom stereocenters. The van der Waals surface area contributed by atoms with Crippen LogP contribution in [0, 0.1) is 17.1 Å². The summed E-state index contributed by atoms with van der Waals surface area (Å²) in [6, 6.07) is 11.8. The smallest absolute Gasteiger partial charge is 0.264 e. The molecule has 1 aliphatic heterocycles. The van der Waals surface area contributed by atoms with Crippen LogP contribution in [0.15, 0.2) is 72.0 Å². The van der Waals surface area contributed by atoms with Gasteiger partial charge in [-0.15, -0.1) is 0 Å². The number of aromatic nitrogens is 3. The number of nitriles is 1. The number of nitrogens with one attached hydrogen (secondary N) is 1. The molecule has 0 spiro atoms. The molecule has 1 aliphatic rings. The zero-order chi connectivity index (χ0) is 31.4. The fourth-order valence-corrected chi connectivity index (χ4v) is 5.85. The lowest BCUT2D eigenvalue weighted by Gasteiger charge is -2.35. The van der Waals surface area contributed by atoms with Crippen LogP contribution in [-0.2, 0) is 19.6 Å². The molecule has 1 N–H and O–H groups in total. The highest BCUT2D eigenvalue weighted by atomic mass is 32.2. The molecule has 1 amide bonds. The van der Waals surface area contributed by atoms with Gasteiger partial charge in [-0.2, -0.15) is 5.26 Å². The number of ether oxygens (including phenoxy) is 1. The summed E-state index contributed by atoms with van der Waals surface area (Å²) in [7, 11) is -3.08. The number of amides is 1. The number of sulfonamides is 1. The molecule has 0 bridgehead atoms. The summed E-state index contributed by atoms with van der Waals surface area (Å²) in [4.78, 5) is 39.8. The van der Waals surface area contributed by atoms with Crippen LogP contribution in [-0.4, -0.2) is 73.2 Å². The van der Waals surface area contributed by atoms with Crippen molar-refractivity contribution in [1.29, 1.82) is 5.26 Å². The average molecular weight is 616 g/mol. The molecular weight excluding hydrogens is 589 g/mol. The Hall–Kier alpha value is -5.42. The lowest BCUT2D eigenvalue weighted by Crippen LogP contribution is -2.48. The first kappa shape index (κ1) is 30.1. The van der Waals surface area contributed by atoms with Gasteiger partial charge in [0, 0.05) is 49.4 Å². The number of hydrogen-bond acceptors (Lipinski definition) is 10. The van der Waals surface area contributed by atoms with Crippen molar-refractivity contribution in [2.45, 2.75) is 11.8 Å². The second kappa shape index (κ2) is 12.4. The third-order valence-corrected chi connectivity index (χ3v) is 8.34. The van der Waals surface area contributed by atoms with Gasteiger partial charge in [-0.25, -0.2) is 27.8 Å². The third kappa shape index (κ3) is 6.32. The molecule has 0 saturated carbocycles. The van der Waals surface area contributed by atoms with Crippen molar-refractivity contribution in [1.82, 2.24) is 19.9 Å². The van der Waals surface area contributed by atoms with Gasteiger partial charge in [-0.05, 0) is 55.0 Å². The van der Waals surface area contributed by atoms with Gasteiger partial charge in [0.2, 0.25) is 11.8 Å². The second-order valence-corrected chi connectivity index (χ2v) is 11.5. The van der Waals surface area contributed by atoms with E-state index in [2.05, 4.69) is 19.7 Å². The van der Waals surface area contributed by atoms with E-state index in [1.54, 1.807) is 17.0 Å². The van der Waals surface area contributed by atoms with Crippen molar-refractivity contribution in [3.8, 4) is 23.1 Å². The van der Waals surface area contributed by atoms with Gasteiger partial charge in [0.05, 0.1) is 24.3 Å². The zero-order valence-electron chi connectivity index (χ0n) is 23.7. The highest BCUT2D eigenvalue weighted by molar-refractivity contribution is 7.92. The minimum absolute atomic E-state index is 0.0143. The van der Waals surface area contributed by atoms with Gasteiger partial charge in [-0.3, -0.25) is 14.3 Å². The number of piperazine rings is 1. The summed E-state index contributed by atoms with van der Waals surface area (Å²) >= 11 is 0. The molecule has 0 aliphatic carbocycles. The Labute approximate surface area is 252 Å². The van der Waals surface area contributed by atoms with E-state index in [4.69, 9.17) is 10.00 Å². The summed E-state index contributed by atoms with van der Waals surface area (Å²) in [5.74, 6) is -0.852. The monoisotopic (exact) mass is 615 g/mol. The maximum atomic E-state index is 14.6. The number of methoxy groups -OCH3 is 1. The van der Waals surface area contributed by atoms with E-state index in [1.807, 2.05) is 17.0 Å². The van der Waals surface area contributed by atoms with E-state index in [-0.39, 0.29) is 28.8 Å². The molecular formula is C30H26FN7O5S. The Morgan fingerprint density at radius 3 is 2.48 bits per heavy atom. The molecule has 2 aromatic carbocycles. The summed E-state index contributed by atoms with van der Waals surface area (Å²) in [6.07, 6.45) is 5.52. The number of ketones is 1. The van der Waals surface area contributed by atoms with E-state index < -0.39 is 20.7 Å². The number of nitrogens with zero attached hydrogens (tertiary/aromatic N) is 6. The normalized spacial score (nSPS) is 13.6. The van der Waals surface area contributed by atoms with E-state index in [1.165, 1.54) is 50.8 Å². The number of rotatable bonds is 8. The molecule has 224 valence electrons. The number of anilines is 2. The lowest BCUT2D eigenvalue weighted by atomic mass is 10.0. The fraction of sp³-hybridized carbons (Fsp3) is 0.200. The van der Waals surface area contributed by atoms with Crippen LogP contribution in [0.25, 0.3) is 22.0 Å². The average Bonchev–Trinajstić information content (AvgIpc) is 3.02. The van der Waals surface area contributed by atoms with Crippen molar-refractivity contribution in [3.05, 3.63) is 78.5 Å². The van der Waals surface area contributed by atoms with E-state index in [0.717, 1.165) is 17.5 Å². The van der Waals surface area contributed by atoms with Crippen LogP contribution in [0.5, 0.6) is 5.88 Å². The topological polar surface area (TPSA) is 158 Å². The molecule has 1 saturated heterocycles. The Kier molecular flexibility index (Phi) is 8.50.